The van der Waals surface area contributed by atoms with Gasteiger partial charge in [0.15, 0.2) is 0 Å². The molecule has 3 rings (SSSR count). The van der Waals surface area contributed by atoms with E-state index in [1.54, 1.807) is 0 Å². The van der Waals surface area contributed by atoms with Crippen LogP contribution in [0.15, 0.2) is 59.2 Å². The van der Waals surface area contributed by atoms with Crippen molar-refractivity contribution in [1.29, 1.82) is 0 Å². The Morgan fingerprint density at radius 3 is 1.47 bits per heavy atom. The third kappa shape index (κ3) is 4.79. The smallest absolute Gasteiger partial charge is 0.0572 e. The molecule has 1 aliphatic heterocycles. The number of nitrogens with one attached hydrogen (secondary N) is 3. The minimum absolute atomic E-state index is 1.07. The molecule has 157 valence electrons. The standard InChI is InChI=1S/C27H34N3/c1-16-12-18(3)26(19(4)13-16)28-22(7)24-10-9-11-25(30-24)23(8)29-27-20(5)14-17(2)15-21(27)6/h9-15,28-30H,1-8H3/b24-22-,25-23-. The summed E-state index contributed by atoms with van der Waals surface area (Å²) in [5.41, 5.74) is 14.3. The van der Waals surface area contributed by atoms with Crippen LogP contribution < -0.4 is 16.0 Å². The molecule has 0 aliphatic carbocycles. The molecule has 0 aromatic heterocycles. The molecule has 0 bridgehead atoms. The van der Waals surface area contributed by atoms with Gasteiger partial charge in [-0.3, -0.25) is 0 Å². The minimum atomic E-state index is 1.07. The zero-order valence-electron chi connectivity index (χ0n) is 19.5. The maximum atomic E-state index is 3.62. The van der Waals surface area contributed by atoms with Gasteiger partial charge in [-0.1, -0.05) is 41.5 Å². The van der Waals surface area contributed by atoms with Crippen LogP contribution in [0.5, 0.6) is 0 Å². The van der Waals surface area contributed by atoms with Gasteiger partial charge in [0, 0.05) is 34.9 Å². The summed E-state index contributed by atoms with van der Waals surface area (Å²) in [4.78, 5) is 0. The molecular weight excluding hydrogens is 366 g/mol. The van der Waals surface area contributed by atoms with E-state index in [4.69, 9.17) is 0 Å². The first-order valence-electron chi connectivity index (χ1n) is 10.6. The first kappa shape index (κ1) is 21.8. The lowest BCUT2D eigenvalue weighted by atomic mass is 10.0. The second kappa shape index (κ2) is 8.83. The normalized spacial score (nSPS) is 16.8. The van der Waals surface area contributed by atoms with Crippen LogP contribution in [0.25, 0.3) is 0 Å². The lowest BCUT2D eigenvalue weighted by Gasteiger charge is -2.23. The van der Waals surface area contributed by atoms with E-state index < -0.39 is 0 Å². The average molecular weight is 401 g/mol. The van der Waals surface area contributed by atoms with Gasteiger partial charge >= 0.3 is 0 Å². The van der Waals surface area contributed by atoms with Gasteiger partial charge in [-0.05, 0) is 83.7 Å². The molecule has 30 heavy (non-hydrogen) atoms. The zero-order valence-corrected chi connectivity index (χ0v) is 19.5. The highest BCUT2D eigenvalue weighted by molar-refractivity contribution is 5.63. The van der Waals surface area contributed by atoms with E-state index in [1.165, 1.54) is 44.8 Å². The number of anilines is 2. The number of hydrogen-bond acceptors (Lipinski definition) is 3. The highest BCUT2D eigenvalue weighted by atomic mass is 15.0. The summed E-state index contributed by atoms with van der Waals surface area (Å²) in [7, 11) is 0. The van der Waals surface area contributed by atoms with Crippen LogP contribution in [0.2, 0.25) is 0 Å². The summed E-state index contributed by atoms with van der Waals surface area (Å²) in [5.74, 6) is 0. The molecule has 0 fully saturated rings. The summed E-state index contributed by atoms with van der Waals surface area (Å²) in [6.45, 7) is 17.1. The Bertz CT molecular complexity index is 1020. The first-order chi connectivity index (χ1) is 14.2. The zero-order chi connectivity index (χ0) is 22.0. The third-order valence-electron chi connectivity index (χ3n) is 5.58. The topological polar surface area (TPSA) is 36.1 Å². The van der Waals surface area contributed by atoms with Crippen molar-refractivity contribution in [2.45, 2.75) is 55.4 Å². The van der Waals surface area contributed by atoms with Gasteiger partial charge in [0.1, 0.15) is 0 Å². The van der Waals surface area contributed by atoms with Gasteiger partial charge in [0.25, 0.3) is 0 Å². The molecule has 1 radical (unpaired) electrons. The van der Waals surface area contributed by atoms with Gasteiger partial charge in [-0.25, -0.2) is 0 Å². The SMILES string of the molecule is C/C(Nc1c(C)cc(C)cc1C)=C1\[CH]C=C/C(=C(\C)Nc2c(C)cc(C)cc2C)N1. The Hall–Kier alpha value is -2.94. The van der Waals surface area contributed by atoms with E-state index in [-0.39, 0.29) is 0 Å². The maximum absolute atomic E-state index is 3.62. The van der Waals surface area contributed by atoms with Crippen molar-refractivity contribution in [1.82, 2.24) is 5.32 Å². The van der Waals surface area contributed by atoms with Crippen molar-refractivity contribution in [2.75, 3.05) is 10.6 Å². The van der Waals surface area contributed by atoms with Crippen LogP contribution in [-0.2, 0) is 0 Å². The van der Waals surface area contributed by atoms with Crippen LogP contribution in [0, 0.1) is 48.0 Å². The van der Waals surface area contributed by atoms with Crippen molar-refractivity contribution in [3.05, 3.63) is 99.0 Å². The molecule has 0 atom stereocenters. The van der Waals surface area contributed by atoms with Crippen LogP contribution in [0.4, 0.5) is 11.4 Å². The number of hydrogen-bond donors (Lipinski definition) is 3. The molecule has 3 nitrogen and oxygen atoms in total. The fourth-order valence-corrected chi connectivity index (χ4v) is 4.17. The summed E-state index contributed by atoms with van der Waals surface area (Å²) in [6, 6.07) is 8.88. The lowest BCUT2D eigenvalue weighted by molar-refractivity contribution is 0.950. The van der Waals surface area contributed by atoms with Gasteiger partial charge in [-0.2, -0.15) is 0 Å². The third-order valence-corrected chi connectivity index (χ3v) is 5.58. The number of allylic oxidation sites excluding steroid dienone is 4. The van der Waals surface area contributed by atoms with Crippen molar-refractivity contribution < 1.29 is 0 Å². The predicted octanol–water partition coefficient (Wildman–Crippen LogP) is 6.89. The average Bonchev–Trinajstić information content (AvgIpc) is 2.67. The number of rotatable bonds is 4. The van der Waals surface area contributed by atoms with Gasteiger partial charge in [-0.15, -0.1) is 0 Å². The van der Waals surface area contributed by atoms with Crippen molar-refractivity contribution in [2.24, 2.45) is 0 Å². The quantitative estimate of drug-likeness (QED) is 0.523. The monoisotopic (exact) mass is 400 g/mol. The Morgan fingerprint density at radius 2 is 1.03 bits per heavy atom. The second-order valence-electron chi connectivity index (χ2n) is 8.53. The largest absolute Gasteiger partial charge is 0.357 e. The molecule has 0 saturated heterocycles. The molecular formula is C27H34N3. The van der Waals surface area contributed by atoms with Crippen molar-refractivity contribution >= 4 is 11.4 Å². The fraction of sp³-hybridized carbons (Fsp3) is 0.296. The van der Waals surface area contributed by atoms with E-state index in [2.05, 4.69) is 114 Å². The molecule has 2 aromatic carbocycles. The lowest BCUT2D eigenvalue weighted by Crippen LogP contribution is -2.22. The van der Waals surface area contributed by atoms with Crippen LogP contribution in [-0.4, -0.2) is 0 Å². The summed E-state index contributed by atoms with van der Waals surface area (Å²) < 4.78 is 0. The van der Waals surface area contributed by atoms with Gasteiger partial charge in [0.05, 0.1) is 5.70 Å². The number of aryl methyl sites for hydroxylation is 6. The Morgan fingerprint density at radius 1 is 0.633 bits per heavy atom. The molecule has 0 amide bonds. The minimum Gasteiger partial charge on any atom is -0.357 e. The first-order valence-corrected chi connectivity index (χ1v) is 10.6. The predicted molar refractivity (Wildman–Crippen MR) is 131 cm³/mol. The summed E-state index contributed by atoms with van der Waals surface area (Å²) >= 11 is 0. The van der Waals surface area contributed by atoms with Crippen LogP contribution in [0.1, 0.15) is 47.2 Å². The number of benzene rings is 2. The van der Waals surface area contributed by atoms with E-state index in [0.29, 0.717) is 0 Å². The molecule has 3 heteroatoms. The summed E-state index contributed by atoms with van der Waals surface area (Å²) in [5, 5.41) is 10.8. The molecule has 3 N–H and O–H groups in total. The summed E-state index contributed by atoms with van der Waals surface area (Å²) in [6.07, 6.45) is 6.32. The molecule has 1 aliphatic rings. The Labute approximate surface area is 182 Å². The maximum Gasteiger partial charge on any atom is 0.0572 e. The van der Waals surface area contributed by atoms with E-state index in [9.17, 15) is 0 Å². The molecule has 2 aromatic rings. The highest BCUT2D eigenvalue weighted by Gasteiger charge is 2.13. The molecule has 0 spiro atoms. The van der Waals surface area contributed by atoms with E-state index >= 15 is 0 Å². The van der Waals surface area contributed by atoms with Gasteiger partial charge < -0.3 is 16.0 Å². The van der Waals surface area contributed by atoms with Crippen LogP contribution >= 0.6 is 0 Å². The second-order valence-corrected chi connectivity index (χ2v) is 8.53. The van der Waals surface area contributed by atoms with Gasteiger partial charge in [0.2, 0.25) is 0 Å². The van der Waals surface area contributed by atoms with E-state index in [0.717, 1.165) is 22.8 Å². The molecule has 1 heterocycles. The Balaban J connectivity index is 1.85. The van der Waals surface area contributed by atoms with E-state index in [1.807, 2.05) is 0 Å². The Kier molecular flexibility index (Phi) is 6.40. The fourth-order valence-electron chi connectivity index (χ4n) is 4.17. The van der Waals surface area contributed by atoms with Crippen molar-refractivity contribution in [3.8, 4) is 0 Å². The van der Waals surface area contributed by atoms with Crippen LogP contribution in [0.3, 0.4) is 0 Å². The molecule has 0 saturated carbocycles. The van der Waals surface area contributed by atoms with Crippen molar-refractivity contribution in [3.63, 3.8) is 0 Å². The highest BCUT2D eigenvalue weighted by Crippen LogP contribution is 2.27. The molecule has 0 unspecified atom stereocenters.